The summed E-state index contributed by atoms with van der Waals surface area (Å²) in [5.41, 5.74) is 5.79. The fraction of sp³-hybridized carbons (Fsp3) is 0.200. The molecule has 0 amide bonds. The van der Waals surface area contributed by atoms with Crippen LogP contribution in [0.15, 0.2) is 83.5 Å². The Kier molecular flexibility index (Phi) is 5.39. The van der Waals surface area contributed by atoms with Gasteiger partial charge in [0.25, 0.3) is 0 Å². The quantitative estimate of drug-likeness (QED) is 0.597. The first kappa shape index (κ1) is 18.4. The van der Waals surface area contributed by atoms with Gasteiger partial charge in [0.2, 0.25) is 0 Å². The van der Waals surface area contributed by atoms with E-state index in [0.29, 0.717) is 0 Å². The van der Waals surface area contributed by atoms with Gasteiger partial charge in [-0.05, 0) is 46.1 Å². The van der Waals surface area contributed by atoms with Gasteiger partial charge in [-0.25, -0.2) is 0 Å². The molecule has 1 aliphatic rings. The van der Waals surface area contributed by atoms with E-state index in [1.54, 1.807) is 0 Å². The first-order valence-corrected chi connectivity index (χ1v) is 9.08. The zero-order valence-corrected chi connectivity index (χ0v) is 15.7. The van der Waals surface area contributed by atoms with Crippen LogP contribution >= 0.6 is 0 Å². The molecular formula is C25H22N2. The predicted molar refractivity (Wildman–Crippen MR) is 110 cm³/mol. The van der Waals surface area contributed by atoms with E-state index in [1.807, 2.05) is 36.4 Å². The Hall–Kier alpha value is -3.36. The third-order valence-electron chi connectivity index (χ3n) is 4.76. The lowest BCUT2D eigenvalue weighted by Gasteiger charge is -2.30. The number of hydrogen-bond donors (Lipinski definition) is 0. The van der Waals surface area contributed by atoms with Crippen LogP contribution in [-0.2, 0) is 0 Å². The molecule has 0 saturated carbocycles. The van der Waals surface area contributed by atoms with Gasteiger partial charge in [-0.15, -0.1) is 0 Å². The van der Waals surface area contributed by atoms with Crippen molar-refractivity contribution < 1.29 is 0 Å². The Morgan fingerprint density at radius 1 is 0.852 bits per heavy atom. The molecule has 0 radical (unpaired) electrons. The van der Waals surface area contributed by atoms with E-state index in [-0.39, 0.29) is 11.0 Å². The second-order valence-corrected chi connectivity index (χ2v) is 7.68. The number of rotatable bonds is 3. The lowest BCUT2D eigenvalue weighted by molar-refractivity contribution is 0.354. The van der Waals surface area contributed by atoms with Crippen LogP contribution in [0.4, 0.5) is 0 Å². The minimum atomic E-state index is 0.0415. The normalized spacial score (nSPS) is 15.7. The maximum Gasteiger partial charge on any atom is 0.132 e. The number of benzene rings is 2. The van der Waals surface area contributed by atoms with Crippen LogP contribution in [-0.4, -0.2) is 0 Å². The van der Waals surface area contributed by atoms with E-state index in [1.165, 1.54) is 11.1 Å². The Balaban J connectivity index is 1.84. The van der Waals surface area contributed by atoms with Gasteiger partial charge in [0, 0.05) is 0 Å². The van der Waals surface area contributed by atoms with Gasteiger partial charge >= 0.3 is 0 Å². The molecule has 0 N–H and O–H groups in total. The van der Waals surface area contributed by atoms with Crippen molar-refractivity contribution in [1.29, 1.82) is 10.5 Å². The summed E-state index contributed by atoms with van der Waals surface area (Å²) in [4.78, 5) is 0. The van der Waals surface area contributed by atoms with E-state index >= 15 is 0 Å². The molecule has 2 heteroatoms. The molecule has 3 rings (SSSR count). The Bertz CT molecular complexity index is 973. The van der Waals surface area contributed by atoms with Gasteiger partial charge in [-0.3, -0.25) is 0 Å². The van der Waals surface area contributed by atoms with Crippen LogP contribution in [0.25, 0.3) is 17.2 Å². The van der Waals surface area contributed by atoms with Crippen LogP contribution < -0.4 is 0 Å². The maximum atomic E-state index is 9.18. The molecule has 0 heterocycles. The Morgan fingerprint density at radius 3 is 2.11 bits per heavy atom. The van der Waals surface area contributed by atoms with E-state index in [4.69, 9.17) is 0 Å². The van der Waals surface area contributed by atoms with Crippen molar-refractivity contribution in [2.45, 2.75) is 26.7 Å². The monoisotopic (exact) mass is 350 g/mol. The summed E-state index contributed by atoms with van der Waals surface area (Å²) in [6.07, 6.45) is 7.89. The highest BCUT2D eigenvalue weighted by Crippen LogP contribution is 2.39. The number of hydrogen-bond acceptors (Lipinski definition) is 2. The molecule has 0 aliphatic heterocycles. The Morgan fingerprint density at radius 2 is 1.48 bits per heavy atom. The van der Waals surface area contributed by atoms with E-state index < -0.39 is 0 Å². The van der Waals surface area contributed by atoms with E-state index in [9.17, 15) is 10.5 Å². The van der Waals surface area contributed by atoms with Gasteiger partial charge in [0.15, 0.2) is 0 Å². The third-order valence-corrected chi connectivity index (χ3v) is 4.76. The fourth-order valence-corrected chi connectivity index (χ4v) is 3.51. The van der Waals surface area contributed by atoms with E-state index in [0.717, 1.165) is 29.6 Å². The summed E-state index contributed by atoms with van der Waals surface area (Å²) in [6.45, 7) is 4.35. The molecule has 2 aromatic carbocycles. The molecule has 0 spiro atoms. The first-order chi connectivity index (χ1) is 13.0. The molecular weight excluding hydrogens is 328 g/mol. The SMILES string of the molecule is CC1(C)CC(/C=C/c2ccc(-c3ccccc3)cc2)=CC(=C(C#N)C#N)C1. The van der Waals surface area contributed by atoms with Crippen molar-refractivity contribution in [1.82, 2.24) is 0 Å². The van der Waals surface area contributed by atoms with Crippen molar-refractivity contribution >= 4 is 6.08 Å². The zero-order valence-electron chi connectivity index (χ0n) is 15.7. The average Bonchev–Trinajstić information content (AvgIpc) is 2.67. The van der Waals surface area contributed by atoms with Crippen molar-refractivity contribution in [2.24, 2.45) is 5.41 Å². The van der Waals surface area contributed by atoms with Crippen LogP contribution in [0.2, 0.25) is 0 Å². The summed E-state index contributed by atoms with van der Waals surface area (Å²) in [6, 6.07) is 22.9. The number of nitrogens with zero attached hydrogens (tertiary/aromatic N) is 2. The second kappa shape index (κ2) is 7.90. The van der Waals surface area contributed by atoms with Crippen molar-refractivity contribution in [3.8, 4) is 23.3 Å². The van der Waals surface area contributed by atoms with Crippen LogP contribution in [0.3, 0.4) is 0 Å². The summed E-state index contributed by atoms with van der Waals surface area (Å²) >= 11 is 0. The highest BCUT2D eigenvalue weighted by atomic mass is 14.3. The molecule has 0 aromatic heterocycles. The molecule has 0 unspecified atom stereocenters. The van der Waals surface area contributed by atoms with Gasteiger partial charge in [0.05, 0.1) is 0 Å². The fourth-order valence-electron chi connectivity index (χ4n) is 3.51. The summed E-state index contributed by atoms with van der Waals surface area (Å²) in [5, 5.41) is 18.4. The van der Waals surface area contributed by atoms with Crippen molar-refractivity contribution in [2.75, 3.05) is 0 Å². The number of nitriles is 2. The minimum Gasteiger partial charge on any atom is -0.192 e. The first-order valence-electron chi connectivity index (χ1n) is 9.08. The smallest absolute Gasteiger partial charge is 0.132 e. The van der Waals surface area contributed by atoms with Crippen molar-refractivity contribution in [3.05, 3.63) is 89.0 Å². The third kappa shape index (κ3) is 4.63. The maximum absolute atomic E-state index is 9.18. The average molecular weight is 350 g/mol. The van der Waals surface area contributed by atoms with Gasteiger partial charge in [-0.1, -0.05) is 86.7 Å². The summed E-state index contributed by atoms with van der Waals surface area (Å²) < 4.78 is 0. The Labute approximate surface area is 161 Å². The van der Waals surface area contributed by atoms with Crippen LogP contribution in [0, 0.1) is 28.1 Å². The van der Waals surface area contributed by atoms with E-state index in [2.05, 4.69) is 62.4 Å². The molecule has 1 aliphatic carbocycles. The van der Waals surface area contributed by atoms with Crippen LogP contribution in [0.1, 0.15) is 32.3 Å². The standard InChI is InChI=1S/C25H22N2/c1-25(2)15-20(14-23(16-25)24(17-26)18-27)9-8-19-10-12-22(13-11-19)21-6-4-3-5-7-21/h3-14H,15-16H2,1-2H3/b9-8+. The zero-order chi connectivity index (χ0) is 19.3. The molecule has 132 valence electrons. The largest absolute Gasteiger partial charge is 0.192 e. The minimum absolute atomic E-state index is 0.0415. The molecule has 0 fully saturated rings. The number of allylic oxidation sites excluding steroid dienone is 5. The lowest BCUT2D eigenvalue weighted by atomic mass is 9.74. The van der Waals surface area contributed by atoms with Gasteiger partial charge in [0.1, 0.15) is 17.7 Å². The molecule has 0 atom stereocenters. The highest BCUT2D eigenvalue weighted by Gasteiger charge is 2.26. The molecule has 2 nitrogen and oxygen atoms in total. The molecule has 0 bridgehead atoms. The lowest BCUT2D eigenvalue weighted by Crippen LogP contribution is -2.17. The summed E-state index contributed by atoms with van der Waals surface area (Å²) in [7, 11) is 0. The van der Waals surface area contributed by atoms with Gasteiger partial charge < -0.3 is 0 Å². The van der Waals surface area contributed by atoms with Crippen molar-refractivity contribution in [3.63, 3.8) is 0 Å². The molecule has 0 saturated heterocycles. The topological polar surface area (TPSA) is 47.6 Å². The molecule has 2 aromatic rings. The second-order valence-electron chi connectivity index (χ2n) is 7.68. The predicted octanol–water partition coefficient (Wildman–Crippen LogP) is 6.46. The van der Waals surface area contributed by atoms with Crippen LogP contribution in [0.5, 0.6) is 0 Å². The summed E-state index contributed by atoms with van der Waals surface area (Å²) in [5.74, 6) is 0. The van der Waals surface area contributed by atoms with Gasteiger partial charge in [-0.2, -0.15) is 10.5 Å². The highest BCUT2D eigenvalue weighted by molar-refractivity contribution is 5.66. The molecule has 27 heavy (non-hydrogen) atoms.